The summed E-state index contributed by atoms with van der Waals surface area (Å²) in [4.78, 5) is 4.64. The van der Waals surface area contributed by atoms with Gasteiger partial charge in [0.2, 0.25) is 0 Å². The van der Waals surface area contributed by atoms with Gasteiger partial charge in [-0.2, -0.15) is 13.2 Å². The summed E-state index contributed by atoms with van der Waals surface area (Å²) in [5.74, 6) is 0.553. The Morgan fingerprint density at radius 1 is 0.865 bits per heavy atom. The minimum absolute atomic E-state index is 0.161. The lowest BCUT2D eigenvalue weighted by Gasteiger charge is -2.24. The molecule has 2 heterocycles. The molecule has 3 nitrogen and oxygen atoms in total. The van der Waals surface area contributed by atoms with Crippen LogP contribution in [-0.2, 0) is 12.2 Å². The fourth-order valence-corrected chi connectivity index (χ4v) is 5.49. The maximum absolute atomic E-state index is 16.1. The normalized spacial score (nSPS) is 14.0. The maximum atomic E-state index is 16.1. The smallest absolute Gasteiger partial charge is 0.331 e. The first kappa shape index (κ1) is 25.1. The van der Waals surface area contributed by atoms with Gasteiger partial charge >= 0.3 is 6.18 Å². The Morgan fingerprint density at radius 3 is 2.19 bits per heavy atom. The van der Waals surface area contributed by atoms with Gasteiger partial charge < -0.3 is 4.57 Å². The van der Waals surface area contributed by atoms with Gasteiger partial charge in [0, 0.05) is 45.3 Å². The number of hydrogen-bond acceptors (Lipinski definition) is 1. The quantitative estimate of drug-likeness (QED) is 0.218. The third-order valence-electron chi connectivity index (χ3n) is 7.23. The topological polar surface area (TPSA) is 22.8 Å². The van der Waals surface area contributed by atoms with Crippen LogP contribution in [0.25, 0.3) is 38.9 Å². The van der Waals surface area contributed by atoms with E-state index in [0.29, 0.717) is 38.8 Å². The van der Waals surface area contributed by atoms with Gasteiger partial charge in [-0.1, -0.05) is 42.8 Å². The highest BCUT2D eigenvalue weighted by molar-refractivity contribution is 6.09. The summed E-state index contributed by atoms with van der Waals surface area (Å²) in [5.41, 5.74) is 4.14. The molecule has 0 saturated carbocycles. The van der Waals surface area contributed by atoms with E-state index >= 15 is 4.39 Å². The zero-order valence-electron chi connectivity index (χ0n) is 21.5. The summed E-state index contributed by atoms with van der Waals surface area (Å²) >= 11 is 0. The van der Waals surface area contributed by atoms with Crippen molar-refractivity contribution in [1.82, 2.24) is 14.1 Å². The lowest BCUT2D eigenvalue weighted by Crippen LogP contribution is -2.19. The molecule has 0 fully saturated rings. The van der Waals surface area contributed by atoms with Gasteiger partial charge in [0.15, 0.2) is 0 Å². The molecule has 5 aromatic rings. The SMILES string of the molecule is CCC(C)(F)c1cc2c(cc1-c1nccn1-c1c(C)cc(C)cc1C)c1ccccc1n2CC(F)(F)F. The fraction of sp³-hybridized carbons (Fsp3) is 0.300. The number of aryl methyl sites for hydroxylation is 3. The first-order valence-corrected chi connectivity index (χ1v) is 12.3. The van der Waals surface area contributed by atoms with Gasteiger partial charge in [-0.25, -0.2) is 9.37 Å². The second-order valence-electron chi connectivity index (χ2n) is 10.1. The summed E-state index contributed by atoms with van der Waals surface area (Å²) in [6, 6.07) is 14.6. The molecule has 7 heteroatoms. The molecule has 192 valence electrons. The van der Waals surface area contributed by atoms with Crippen molar-refractivity contribution in [2.45, 2.75) is 59.4 Å². The molecule has 0 aliphatic carbocycles. The van der Waals surface area contributed by atoms with Crippen LogP contribution >= 0.6 is 0 Å². The Labute approximate surface area is 213 Å². The third kappa shape index (κ3) is 4.30. The average Bonchev–Trinajstić information content (AvgIpc) is 3.40. The van der Waals surface area contributed by atoms with E-state index in [1.165, 1.54) is 11.5 Å². The Kier molecular flexibility index (Phi) is 5.93. The van der Waals surface area contributed by atoms with Crippen molar-refractivity contribution in [3.05, 3.63) is 83.2 Å². The Hall–Kier alpha value is -3.61. The summed E-state index contributed by atoms with van der Waals surface area (Å²) < 4.78 is 60.2. The molecule has 37 heavy (non-hydrogen) atoms. The second kappa shape index (κ2) is 8.75. The molecular formula is C30H29F4N3. The molecule has 1 unspecified atom stereocenters. The number of halogens is 4. The van der Waals surface area contributed by atoms with E-state index in [1.54, 1.807) is 37.4 Å². The van der Waals surface area contributed by atoms with E-state index in [1.807, 2.05) is 43.7 Å². The van der Waals surface area contributed by atoms with Gasteiger partial charge in [-0.05, 0) is 63.4 Å². The van der Waals surface area contributed by atoms with Gasteiger partial charge in [-0.15, -0.1) is 0 Å². The van der Waals surface area contributed by atoms with Crippen LogP contribution in [0.4, 0.5) is 17.6 Å². The number of aromatic nitrogens is 3. The summed E-state index contributed by atoms with van der Waals surface area (Å²) in [5, 5.41) is 1.32. The maximum Gasteiger partial charge on any atom is 0.406 e. The highest BCUT2D eigenvalue weighted by atomic mass is 19.4. The number of benzene rings is 3. The van der Waals surface area contributed by atoms with Crippen molar-refractivity contribution in [2.75, 3.05) is 0 Å². The molecule has 0 aliphatic heterocycles. The van der Waals surface area contributed by atoms with Crippen LogP contribution in [0.15, 0.2) is 60.9 Å². The molecule has 5 rings (SSSR count). The van der Waals surface area contributed by atoms with Crippen molar-refractivity contribution < 1.29 is 17.6 Å². The van der Waals surface area contributed by atoms with E-state index in [2.05, 4.69) is 17.1 Å². The number of alkyl halides is 4. The van der Waals surface area contributed by atoms with Crippen LogP contribution in [-0.4, -0.2) is 20.3 Å². The molecule has 0 aliphatic rings. The number of fused-ring (bicyclic) bond motifs is 3. The lowest BCUT2D eigenvalue weighted by atomic mass is 9.89. The summed E-state index contributed by atoms with van der Waals surface area (Å²) in [7, 11) is 0. The van der Waals surface area contributed by atoms with Gasteiger partial charge in [-0.3, -0.25) is 4.57 Å². The zero-order valence-corrected chi connectivity index (χ0v) is 21.5. The average molecular weight is 508 g/mol. The number of imidazole rings is 1. The third-order valence-corrected chi connectivity index (χ3v) is 7.23. The Balaban J connectivity index is 1.87. The zero-order chi connectivity index (χ0) is 26.7. The van der Waals surface area contributed by atoms with Gasteiger partial charge in [0.05, 0.1) is 5.69 Å². The standard InChI is InChI=1S/C30H29F4N3/c1-6-29(5,31)24-16-26-22(21-9-7-8-10-25(21)37(26)17-30(32,33)34)15-23(24)28-35-11-12-36(28)27-19(3)13-18(2)14-20(27)4/h7-16H,6,17H2,1-5H3. The van der Waals surface area contributed by atoms with Crippen molar-refractivity contribution in [1.29, 1.82) is 0 Å². The van der Waals surface area contributed by atoms with Crippen molar-refractivity contribution in [3.8, 4) is 17.1 Å². The predicted octanol–water partition coefficient (Wildman–Crippen LogP) is 8.73. The Morgan fingerprint density at radius 2 is 1.54 bits per heavy atom. The molecule has 3 aromatic carbocycles. The highest BCUT2D eigenvalue weighted by Crippen LogP contribution is 2.42. The number of rotatable bonds is 5. The van der Waals surface area contributed by atoms with Crippen LogP contribution in [0.3, 0.4) is 0 Å². The second-order valence-corrected chi connectivity index (χ2v) is 10.1. The molecule has 0 N–H and O–H groups in total. The molecule has 1 atom stereocenters. The monoisotopic (exact) mass is 507 g/mol. The van der Waals surface area contributed by atoms with Crippen LogP contribution in [0.2, 0.25) is 0 Å². The van der Waals surface area contributed by atoms with Gasteiger partial charge in [0.25, 0.3) is 0 Å². The summed E-state index contributed by atoms with van der Waals surface area (Å²) in [6.45, 7) is 8.15. The molecule has 0 saturated heterocycles. The first-order valence-electron chi connectivity index (χ1n) is 12.3. The summed E-state index contributed by atoms with van der Waals surface area (Å²) in [6.07, 6.45) is -0.735. The van der Waals surface area contributed by atoms with Crippen molar-refractivity contribution in [3.63, 3.8) is 0 Å². The predicted molar refractivity (Wildman–Crippen MR) is 141 cm³/mol. The number of nitrogens with zero attached hydrogens (tertiary/aromatic N) is 3. The number of para-hydroxylation sites is 1. The molecular weight excluding hydrogens is 478 g/mol. The first-order chi connectivity index (χ1) is 17.4. The fourth-order valence-electron chi connectivity index (χ4n) is 5.49. The highest BCUT2D eigenvalue weighted by Gasteiger charge is 2.33. The Bertz CT molecular complexity index is 1610. The molecule has 0 spiro atoms. The van der Waals surface area contributed by atoms with E-state index < -0.39 is 18.4 Å². The molecule has 0 radical (unpaired) electrons. The minimum Gasteiger partial charge on any atom is -0.331 e. The minimum atomic E-state index is -4.42. The van der Waals surface area contributed by atoms with E-state index in [9.17, 15) is 13.2 Å². The van der Waals surface area contributed by atoms with E-state index in [0.717, 1.165) is 22.4 Å². The van der Waals surface area contributed by atoms with Crippen molar-refractivity contribution >= 4 is 21.8 Å². The van der Waals surface area contributed by atoms with Gasteiger partial charge in [0.1, 0.15) is 18.0 Å². The van der Waals surface area contributed by atoms with Crippen LogP contribution in [0.1, 0.15) is 42.5 Å². The van der Waals surface area contributed by atoms with Crippen LogP contribution < -0.4 is 0 Å². The number of hydrogen-bond donors (Lipinski definition) is 0. The van der Waals surface area contributed by atoms with Crippen LogP contribution in [0, 0.1) is 20.8 Å². The van der Waals surface area contributed by atoms with E-state index in [-0.39, 0.29) is 6.42 Å². The van der Waals surface area contributed by atoms with Crippen molar-refractivity contribution in [2.24, 2.45) is 0 Å². The lowest BCUT2D eigenvalue weighted by molar-refractivity contribution is -0.139. The molecule has 0 amide bonds. The largest absolute Gasteiger partial charge is 0.406 e. The molecule has 0 bridgehead atoms. The molecule has 2 aromatic heterocycles. The van der Waals surface area contributed by atoms with Crippen LogP contribution in [0.5, 0.6) is 0 Å². The van der Waals surface area contributed by atoms with E-state index in [4.69, 9.17) is 0 Å².